The number of hydrogen-bond acceptors (Lipinski definition) is 0. The van der Waals surface area contributed by atoms with Crippen LogP contribution >= 0.6 is 0 Å². The zero-order valence-corrected chi connectivity index (χ0v) is 8.20. The van der Waals surface area contributed by atoms with Crippen molar-refractivity contribution in [3.05, 3.63) is 54.9 Å². The Morgan fingerprint density at radius 2 is 2.31 bits per heavy atom. The van der Waals surface area contributed by atoms with Crippen LogP contribution in [-0.2, 0) is 7.05 Å². The lowest BCUT2D eigenvalue weighted by molar-refractivity contribution is 0.927. The molecule has 0 N–H and O–H groups in total. The van der Waals surface area contributed by atoms with Crippen molar-refractivity contribution < 1.29 is 0 Å². The summed E-state index contributed by atoms with van der Waals surface area (Å²) in [5.41, 5.74) is 2.46. The Morgan fingerprint density at radius 3 is 2.77 bits per heavy atom. The Morgan fingerprint density at radius 1 is 1.54 bits per heavy atom. The molecule has 1 aromatic rings. The van der Waals surface area contributed by atoms with Crippen LogP contribution in [0.4, 0.5) is 0 Å². The summed E-state index contributed by atoms with van der Waals surface area (Å²) in [5, 5.41) is 0. The van der Waals surface area contributed by atoms with Gasteiger partial charge in [0.25, 0.3) is 0 Å². The number of allylic oxidation sites excluding steroid dienone is 5. The molecule has 0 saturated heterocycles. The van der Waals surface area contributed by atoms with Gasteiger partial charge in [-0.2, -0.15) is 0 Å². The van der Waals surface area contributed by atoms with Crippen molar-refractivity contribution in [3.63, 3.8) is 0 Å². The molecule has 0 atom stereocenters. The van der Waals surface area contributed by atoms with Crippen LogP contribution in [0.1, 0.15) is 12.5 Å². The van der Waals surface area contributed by atoms with Gasteiger partial charge in [-0.05, 0) is 24.1 Å². The molecule has 1 aromatic heterocycles. The smallest absolute Gasteiger partial charge is 0.0110 e. The Bertz CT molecular complexity index is 340. The molecule has 1 nitrogen and oxygen atoms in total. The molecule has 0 aromatic carbocycles. The zero-order chi connectivity index (χ0) is 9.68. The van der Waals surface area contributed by atoms with E-state index in [1.165, 1.54) is 11.1 Å². The van der Waals surface area contributed by atoms with E-state index in [4.69, 9.17) is 0 Å². The molecule has 68 valence electrons. The van der Waals surface area contributed by atoms with Crippen molar-refractivity contribution in [3.8, 4) is 0 Å². The number of nitrogens with zero attached hydrogens (tertiary/aromatic N) is 1. The normalized spacial score (nSPS) is 12.3. The number of aromatic nitrogens is 1. The Labute approximate surface area is 79.7 Å². The lowest BCUT2D eigenvalue weighted by Gasteiger charge is -1.95. The van der Waals surface area contributed by atoms with Crippen LogP contribution in [0.25, 0.3) is 5.57 Å². The van der Waals surface area contributed by atoms with Gasteiger partial charge in [-0.3, -0.25) is 0 Å². The number of aryl methyl sites for hydroxylation is 1. The summed E-state index contributed by atoms with van der Waals surface area (Å²) in [4.78, 5) is 0. The van der Waals surface area contributed by atoms with E-state index in [1.54, 1.807) is 6.08 Å². The van der Waals surface area contributed by atoms with Crippen LogP contribution in [0.15, 0.2) is 49.3 Å². The molecule has 0 radical (unpaired) electrons. The highest BCUT2D eigenvalue weighted by atomic mass is 14.9. The van der Waals surface area contributed by atoms with Gasteiger partial charge in [-0.1, -0.05) is 30.9 Å². The van der Waals surface area contributed by atoms with Gasteiger partial charge in [-0.25, -0.2) is 0 Å². The number of rotatable bonds is 3. The lowest BCUT2D eigenvalue weighted by Crippen LogP contribution is -1.80. The summed E-state index contributed by atoms with van der Waals surface area (Å²) < 4.78 is 2.04. The maximum atomic E-state index is 3.65. The molecule has 1 heterocycles. The minimum atomic E-state index is 1.22. The standard InChI is InChI=1S/C12H15N/c1-4-6-7-11(5-2)12-8-9-13(3)10-12/h4-10H,1H2,2-3H3/b7-6-,11-5+. The van der Waals surface area contributed by atoms with Gasteiger partial charge in [0.2, 0.25) is 0 Å². The molecule has 0 amide bonds. The molecule has 0 aliphatic rings. The summed E-state index contributed by atoms with van der Waals surface area (Å²) in [7, 11) is 2.02. The maximum Gasteiger partial charge on any atom is 0.0110 e. The van der Waals surface area contributed by atoms with E-state index in [2.05, 4.69) is 31.0 Å². The number of hydrogen-bond donors (Lipinski definition) is 0. The second-order valence-electron chi connectivity index (χ2n) is 2.90. The SMILES string of the molecule is C=C/C=C\C(=C/C)c1ccn(C)c1. The predicted molar refractivity (Wildman–Crippen MR) is 58.4 cm³/mol. The van der Waals surface area contributed by atoms with E-state index in [0.717, 1.165) is 0 Å². The van der Waals surface area contributed by atoms with Gasteiger partial charge in [0.15, 0.2) is 0 Å². The van der Waals surface area contributed by atoms with Crippen molar-refractivity contribution in [2.75, 3.05) is 0 Å². The van der Waals surface area contributed by atoms with Crippen LogP contribution < -0.4 is 0 Å². The van der Waals surface area contributed by atoms with Gasteiger partial charge < -0.3 is 4.57 Å². The Kier molecular flexibility index (Phi) is 3.32. The van der Waals surface area contributed by atoms with E-state index in [9.17, 15) is 0 Å². The van der Waals surface area contributed by atoms with Crippen LogP contribution in [0, 0.1) is 0 Å². The molecular weight excluding hydrogens is 158 g/mol. The Hall–Kier alpha value is -1.50. The fraction of sp³-hybridized carbons (Fsp3) is 0.167. The monoisotopic (exact) mass is 173 g/mol. The molecule has 0 bridgehead atoms. The summed E-state index contributed by atoms with van der Waals surface area (Å²) >= 11 is 0. The van der Waals surface area contributed by atoms with E-state index in [0.29, 0.717) is 0 Å². The molecule has 0 spiro atoms. The van der Waals surface area contributed by atoms with Crippen LogP contribution in [0.5, 0.6) is 0 Å². The van der Waals surface area contributed by atoms with E-state index in [1.807, 2.05) is 30.8 Å². The third-order valence-corrected chi connectivity index (χ3v) is 1.89. The lowest BCUT2D eigenvalue weighted by atomic mass is 10.1. The van der Waals surface area contributed by atoms with E-state index >= 15 is 0 Å². The zero-order valence-electron chi connectivity index (χ0n) is 8.20. The van der Waals surface area contributed by atoms with Crippen LogP contribution in [0.3, 0.4) is 0 Å². The quantitative estimate of drug-likeness (QED) is 0.619. The van der Waals surface area contributed by atoms with Crippen molar-refractivity contribution in [1.29, 1.82) is 0 Å². The highest BCUT2D eigenvalue weighted by Gasteiger charge is 1.96. The predicted octanol–water partition coefficient (Wildman–Crippen LogP) is 3.17. The molecular formula is C12H15N. The summed E-state index contributed by atoms with van der Waals surface area (Å²) in [5.74, 6) is 0. The van der Waals surface area contributed by atoms with Crippen molar-refractivity contribution in [2.24, 2.45) is 7.05 Å². The minimum Gasteiger partial charge on any atom is -0.357 e. The van der Waals surface area contributed by atoms with Gasteiger partial charge in [-0.15, -0.1) is 0 Å². The molecule has 13 heavy (non-hydrogen) atoms. The molecule has 0 aliphatic heterocycles. The largest absolute Gasteiger partial charge is 0.357 e. The third-order valence-electron chi connectivity index (χ3n) is 1.89. The van der Waals surface area contributed by atoms with Gasteiger partial charge >= 0.3 is 0 Å². The molecule has 0 fully saturated rings. The van der Waals surface area contributed by atoms with Crippen LogP contribution in [0.2, 0.25) is 0 Å². The first-order valence-corrected chi connectivity index (χ1v) is 4.35. The molecule has 0 saturated carbocycles. The highest BCUT2D eigenvalue weighted by Crippen LogP contribution is 2.15. The van der Waals surface area contributed by atoms with E-state index in [-0.39, 0.29) is 0 Å². The van der Waals surface area contributed by atoms with Gasteiger partial charge in [0.05, 0.1) is 0 Å². The Balaban J connectivity index is 2.91. The second kappa shape index (κ2) is 4.51. The first-order chi connectivity index (χ1) is 6.27. The fourth-order valence-corrected chi connectivity index (χ4v) is 1.20. The summed E-state index contributed by atoms with van der Waals surface area (Å²) in [6.45, 7) is 5.68. The summed E-state index contributed by atoms with van der Waals surface area (Å²) in [6, 6.07) is 2.10. The van der Waals surface area contributed by atoms with Crippen LogP contribution in [-0.4, -0.2) is 4.57 Å². The second-order valence-corrected chi connectivity index (χ2v) is 2.90. The third kappa shape index (κ3) is 2.48. The average Bonchev–Trinajstić information content (AvgIpc) is 2.54. The minimum absolute atomic E-state index is 1.22. The van der Waals surface area contributed by atoms with Crippen molar-refractivity contribution in [1.82, 2.24) is 4.57 Å². The maximum absolute atomic E-state index is 3.65. The van der Waals surface area contributed by atoms with Crippen molar-refractivity contribution >= 4 is 5.57 Å². The highest BCUT2D eigenvalue weighted by molar-refractivity contribution is 5.73. The average molecular weight is 173 g/mol. The van der Waals surface area contributed by atoms with E-state index < -0.39 is 0 Å². The molecule has 0 aliphatic carbocycles. The fourth-order valence-electron chi connectivity index (χ4n) is 1.20. The first-order valence-electron chi connectivity index (χ1n) is 4.35. The van der Waals surface area contributed by atoms with Gasteiger partial charge in [0.1, 0.15) is 0 Å². The van der Waals surface area contributed by atoms with Crippen molar-refractivity contribution in [2.45, 2.75) is 6.92 Å². The summed E-state index contributed by atoms with van der Waals surface area (Å²) in [6.07, 6.45) is 12.0. The molecule has 1 rings (SSSR count). The topological polar surface area (TPSA) is 4.93 Å². The molecule has 1 heteroatoms. The molecule has 0 unspecified atom stereocenters. The first kappa shape index (κ1) is 9.59. The van der Waals surface area contributed by atoms with Gasteiger partial charge in [0, 0.05) is 19.4 Å².